The van der Waals surface area contributed by atoms with Crippen molar-refractivity contribution in [2.24, 2.45) is 0 Å². The van der Waals surface area contributed by atoms with Gasteiger partial charge in [-0.25, -0.2) is 9.36 Å². The molecule has 0 aliphatic heterocycles. The van der Waals surface area contributed by atoms with Gasteiger partial charge in [0, 0.05) is 16.3 Å². The molecule has 172 valence electrons. The quantitative estimate of drug-likeness (QED) is 0.397. The van der Waals surface area contributed by atoms with E-state index in [1.54, 1.807) is 23.6 Å². The largest absolute Gasteiger partial charge is 0.391 e. The number of thiophene rings is 2. The van der Waals surface area contributed by atoms with Gasteiger partial charge in [0.25, 0.3) is 11.5 Å². The van der Waals surface area contributed by atoms with Gasteiger partial charge in [0.1, 0.15) is 10.4 Å². The molecule has 0 unspecified atom stereocenters. The molecule has 34 heavy (non-hydrogen) atoms. The summed E-state index contributed by atoms with van der Waals surface area (Å²) in [6.07, 6.45) is 1.56. The van der Waals surface area contributed by atoms with Gasteiger partial charge in [-0.2, -0.15) is 5.26 Å². The van der Waals surface area contributed by atoms with Gasteiger partial charge in [0.2, 0.25) is 0 Å². The Morgan fingerprint density at radius 3 is 2.76 bits per heavy atom. The van der Waals surface area contributed by atoms with Crippen molar-refractivity contribution >= 4 is 68.4 Å². The molecule has 2 N–H and O–H groups in total. The second-order valence-corrected chi connectivity index (χ2v) is 10.6. The first kappa shape index (κ1) is 22.8. The van der Waals surface area contributed by atoms with Crippen molar-refractivity contribution < 1.29 is 9.90 Å². The number of carbonyl (C=O) groups is 1. The number of aromatic amines is 1. The van der Waals surface area contributed by atoms with Crippen molar-refractivity contribution in [2.45, 2.75) is 25.5 Å². The molecule has 8 nitrogen and oxygen atoms in total. The molecule has 4 aromatic rings. The standard InChI is InChI=1S/C22H14Cl2N4O4S2/c23-18-10(7-25)2-1-3-13(18)27(11-4-5-11)20(30)15-6-14(19(24)34-15)28-21(31)17-12(26-22(28)32)9-33-16(17)8-29/h1-3,6,9,11,29H,4-5,8H2,(H,26,32). The molecule has 0 atom stereocenters. The Labute approximate surface area is 209 Å². The van der Waals surface area contributed by atoms with Crippen LogP contribution < -0.4 is 16.1 Å². The second kappa shape index (κ2) is 8.69. The average molecular weight is 533 g/mol. The summed E-state index contributed by atoms with van der Waals surface area (Å²) in [6.45, 7) is -0.352. The van der Waals surface area contributed by atoms with E-state index in [1.165, 1.54) is 11.0 Å². The number of hydrogen-bond donors (Lipinski definition) is 2. The maximum atomic E-state index is 13.5. The number of halogens is 2. The fourth-order valence-corrected chi connectivity index (χ4v) is 6.05. The van der Waals surface area contributed by atoms with Gasteiger partial charge in [-0.05, 0) is 31.0 Å². The summed E-state index contributed by atoms with van der Waals surface area (Å²) in [5.41, 5.74) is -0.263. The van der Waals surface area contributed by atoms with E-state index in [1.807, 2.05) is 6.07 Å². The van der Waals surface area contributed by atoms with E-state index in [9.17, 15) is 24.8 Å². The lowest BCUT2D eigenvalue weighted by Gasteiger charge is -2.23. The molecular weight excluding hydrogens is 519 g/mol. The highest BCUT2D eigenvalue weighted by Gasteiger charge is 2.37. The number of hydrogen-bond acceptors (Lipinski definition) is 7. The van der Waals surface area contributed by atoms with Gasteiger partial charge >= 0.3 is 5.69 Å². The van der Waals surface area contributed by atoms with E-state index >= 15 is 0 Å². The Bertz CT molecular complexity index is 1620. The zero-order valence-corrected chi connectivity index (χ0v) is 20.3. The third-order valence-corrected chi connectivity index (χ3v) is 8.18. The SMILES string of the molecule is N#Cc1cccc(N(C(=O)c2cc(-n3c(=O)[nH]c4csc(CO)c4c3=O)c(Cl)s2)C2CC2)c1Cl. The molecule has 0 radical (unpaired) electrons. The Kier molecular flexibility index (Phi) is 5.83. The van der Waals surface area contributed by atoms with Crippen LogP contribution in [0.4, 0.5) is 5.69 Å². The molecule has 1 aliphatic carbocycles. The Morgan fingerprint density at radius 1 is 1.32 bits per heavy atom. The number of rotatable bonds is 5. The zero-order valence-electron chi connectivity index (χ0n) is 17.2. The van der Waals surface area contributed by atoms with E-state index in [0.29, 0.717) is 16.1 Å². The number of aromatic nitrogens is 2. The van der Waals surface area contributed by atoms with Crippen LogP contribution in [0.15, 0.2) is 39.2 Å². The molecule has 1 aliphatic rings. The van der Waals surface area contributed by atoms with Crippen LogP contribution in [0.2, 0.25) is 9.36 Å². The first-order chi connectivity index (χ1) is 16.3. The summed E-state index contributed by atoms with van der Waals surface area (Å²) >= 11 is 14.9. The zero-order chi connectivity index (χ0) is 24.1. The first-order valence-corrected chi connectivity index (χ1v) is 12.5. The van der Waals surface area contributed by atoms with Crippen LogP contribution in [0.5, 0.6) is 0 Å². The van der Waals surface area contributed by atoms with Crippen LogP contribution in [0, 0.1) is 11.3 Å². The predicted octanol–water partition coefficient (Wildman–Crippen LogP) is 4.28. The lowest BCUT2D eigenvalue weighted by Crippen LogP contribution is -2.34. The van der Waals surface area contributed by atoms with Crippen LogP contribution in [-0.4, -0.2) is 26.6 Å². The lowest BCUT2D eigenvalue weighted by atomic mass is 10.2. The molecule has 3 heterocycles. The number of aliphatic hydroxyl groups is 1. The molecule has 0 saturated heterocycles. The summed E-state index contributed by atoms with van der Waals surface area (Å²) in [5, 5.41) is 20.8. The summed E-state index contributed by atoms with van der Waals surface area (Å²) in [6, 6.07) is 8.24. The maximum Gasteiger partial charge on any atom is 0.333 e. The van der Waals surface area contributed by atoms with E-state index in [2.05, 4.69) is 4.98 Å². The van der Waals surface area contributed by atoms with Crippen LogP contribution in [-0.2, 0) is 6.61 Å². The number of H-pyrrole nitrogens is 1. The third kappa shape index (κ3) is 3.66. The molecule has 1 saturated carbocycles. The maximum absolute atomic E-state index is 13.5. The number of fused-ring (bicyclic) bond motifs is 1. The van der Waals surface area contributed by atoms with Gasteiger partial charge in [0.05, 0.1) is 44.3 Å². The van der Waals surface area contributed by atoms with Crippen molar-refractivity contribution in [3.63, 3.8) is 0 Å². The summed E-state index contributed by atoms with van der Waals surface area (Å²) < 4.78 is 0.956. The summed E-state index contributed by atoms with van der Waals surface area (Å²) in [4.78, 5) is 44.2. The van der Waals surface area contributed by atoms with Crippen LogP contribution in [0.1, 0.15) is 33.0 Å². The highest BCUT2D eigenvalue weighted by Crippen LogP contribution is 2.40. The number of nitriles is 1. The van der Waals surface area contributed by atoms with E-state index in [-0.39, 0.29) is 43.5 Å². The number of nitrogens with zero attached hydrogens (tertiary/aromatic N) is 3. The second-order valence-electron chi connectivity index (χ2n) is 7.60. The van der Waals surface area contributed by atoms with E-state index in [4.69, 9.17) is 23.2 Å². The Hall–Kier alpha value is -2.94. The van der Waals surface area contributed by atoms with E-state index < -0.39 is 17.2 Å². The van der Waals surface area contributed by atoms with Crippen molar-refractivity contribution in [3.8, 4) is 11.8 Å². The highest BCUT2D eigenvalue weighted by molar-refractivity contribution is 7.18. The number of carbonyl (C=O) groups excluding carboxylic acids is 1. The molecular formula is C22H14Cl2N4O4S2. The molecule has 1 amide bonds. The molecule has 12 heteroatoms. The monoisotopic (exact) mass is 532 g/mol. The van der Waals surface area contributed by atoms with Crippen molar-refractivity contribution in [1.29, 1.82) is 5.26 Å². The van der Waals surface area contributed by atoms with E-state index in [0.717, 1.165) is 40.1 Å². The third-order valence-electron chi connectivity index (χ3n) is 5.48. The fourth-order valence-electron chi connectivity index (χ4n) is 3.77. The minimum atomic E-state index is -0.706. The first-order valence-electron chi connectivity index (χ1n) is 10.0. The van der Waals surface area contributed by atoms with Gasteiger partial charge < -0.3 is 15.0 Å². The molecule has 3 aromatic heterocycles. The lowest BCUT2D eigenvalue weighted by molar-refractivity contribution is 0.0989. The summed E-state index contributed by atoms with van der Waals surface area (Å²) in [7, 11) is 0. The van der Waals surface area contributed by atoms with Crippen LogP contribution in [0.3, 0.4) is 0 Å². The minimum Gasteiger partial charge on any atom is -0.391 e. The van der Waals surface area contributed by atoms with Gasteiger partial charge in [-0.3, -0.25) is 9.59 Å². The number of anilines is 1. The molecule has 1 fully saturated rings. The number of amides is 1. The number of aliphatic hydroxyl groups excluding tert-OH is 1. The van der Waals surface area contributed by atoms with Crippen molar-refractivity contribution in [1.82, 2.24) is 9.55 Å². The Balaban J connectivity index is 1.62. The number of benzene rings is 1. The fraction of sp³-hybridized carbons (Fsp3) is 0.182. The van der Waals surface area contributed by atoms with Crippen molar-refractivity contribution in [2.75, 3.05) is 4.90 Å². The molecule has 0 spiro atoms. The molecule has 1 aromatic carbocycles. The highest BCUT2D eigenvalue weighted by atomic mass is 35.5. The molecule has 5 rings (SSSR count). The van der Waals surface area contributed by atoms with Crippen LogP contribution in [0.25, 0.3) is 16.6 Å². The average Bonchev–Trinajstić information content (AvgIpc) is 3.45. The number of nitrogens with one attached hydrogen (secondary N) is 1. The normalized spacial score (nSPS) is 13.2. The van der Waals surface area contributed by atoms with Gasteiger partial charge in [-0.1, -0.05) is 29.3 Å². The van der Waals surface area contributed by atoms with Crippen molar-refractivity contribution in [3.05, 3.63) is 75.2 Å². The topological polar surface area (TPSA) is 119 Å². The molecule has 0 bridgehead atoms. The van der Waals surface area contributed by atoms with Gasteiger partial charge in [0.15, 0.2) is 0 Å². The Morgan fingerprint density at radius 2 is 2.09 bits per heavy atom. The summed E-state index contributed by atoms with van der Waals surface area (Å²) in [5.74, 6) is -0.394. The van der Waals surface area contributed by atoms with Crippen LogP contribution >= 0.6 is 45.9 Å². The predicted molar refractivity (Wildman–Crippen MR) is 133 cm³/mol. The minimum absolute atomic E-state index is 0.0749. The van der Waals surface area contributed by atoms with Gasteiger partial charge in [-0.15, -0.1) is 22.7 Å². The smallest absolute Gasteiger partial charge is 0.333 e.